The van der Waals surface area contributed by atoms with Gasteiger partial charge in [-0.25, -0.2) is 0 Å². The number of likely N-dealkylation sites (N-methyl/N-ethyl adjacent to an activating group) is 1. The Hall–Kier alpha value is -0.860. The van der Waals surface area contributed by atoms with E-state index in [2.05, 4.69) is 7.05 Å². The molecule has 1 fully saturated rings. The second-order valence-electron chi connectivity index (χ2n) is 5.94. The van der Waals surface area contributed by atoms with Gasteiger partial charge in [0.15, 0.2) is 11.5 Å². The van der Waals surface area contributed by atoms with Gasteiger partial charge < -0.3 is 42.7 Å². The highest BCUT2D eigenvalue weighted by Crippen LogP contribution is 2.31. The Balaban J connectivity index is 0.00000176. The molecule has 0 spiro atoms. The van der Waals surface area contributed by atoms with E-state index < -0.39 is 0 Å². The van der Waals surface area contributed by atoms with Gasteiger partial charge in [0, 0.05) is 5.56 Å². The van der Waals surface area contributed by atoms with Gasteiger partial charge in [0.05, 0.1) is 20.3 Å². The molecule has 1 aromatic carbocycles. The van der Waals surface area contributed by atoms with Crippen LogP contribution in [-0.2, 0) is 4.74 Å². The highest BCUT2D eigenvalue weighted by molar-refractivity contribution is 5.99. The number of Topliss-reactive ketones (excluding diaryl/α,β-unsaturated/α-hetero) is 1. The van der Waals surface area contributed by atoms with Gasteiger partial charge >= 0.3 is 0 Å². The van der Waals surface area contributed by atoms with Crippen LogP contribution in [0.4, 0.5) is 0 Å². The van der Waals surface area contributed by atoms with E-state index in [1.54, 1.807) is 6.07 Å². The summed E-state index contributed by atoms with van der Waals surface area (Å²) in [5.41, 5.74) is 0.692. The number of nitrogens with zero attached hydrogens (tertiary/aromatic N) is 1. The number of halogens is 1. The van der Waals surface area contributed by atoms with E-state index in [1.165, 1.54) is 0 Å². The maximum Gasteiger partial charge on any atom is 0.219 e. The van der Waals surface area contributed by atoms with Crippen LogP contribution in [0.2, 0.25) is 0 Å². The molecule has 0 N–H and O–H groups in total. The Morgan fingerprint density at radius 3 is 2.41 bits per heavy atom. The molecule has 1 saturated heterocycles. The second kappa shape index (κ2) is 7.14. The van der Waals surface area contributed by atoms with Gasteiger partial charge in [-0.05, 0) is 25.1 Å². The minimum absolute atomic E-state index is 0. The molecule has 3 rings (SSSR count). The fourth-order valence-corrected chi connectivity index (χ4v) is 2.87. The van der Waals surface area contributed by atoms with Crippen molar-refractivity contribution in [1.82, 2.24) is 0 Å². The fourth-order valence-electron chi connectivity index (χ4n) is 2.87. The molecule has 6 heteroatoms. The molecule has 1 aromatic rings. The maximum absolute atomic E-state index is 12.8. The lowest BCUT2D eigenvalue weighted by molar-refractivity contribution is -0.929. The molecule has 0 amide bonds. The Kier molecular flexibility index (Phi) is 5.68. The van der Waals surface area contributed by atoms with Crippen LogP contribution in [0, 0.1) is 0 Å². The Morgan fingerprint density at radius 2 is 1.73 bits per heavy atom. The maximum atomic E-state index is 12.8. The molecule has 0 aromatic heterocycles. The fraction of sp³-hybridized carbons (Fsp3) is 0.562. The number of hydrogen-bond acceptors (Lipinski definition) is 4. The van der Waals surface area contributed by atoms with Crippen molar-refractivity contribution in [1.29, 1.82) is 0 Å². The van der Waals surface area contributed by atoms with Crippen LogP contribution in [0.25, 0.3) is 0 Å². The quantitative estimate of drug-likeness (QED) is 0.341. The van der Waals surface area contributed by atoms with Crippen LogP contribution < -0.4 is 33.5 Å². The summed E-state index contributed by atoms with van der Waals surface area (Å²) >= 11 is 0. The Bertz CT molecular complexity index is 543. The average Bonchev–Trinajstić information content (AvgIpc) is 2.53. The van der Waals surface area contributed by atoms with Crippen molar-refractivity contribution in [2.75, 3.05) is 46.6 Å². The lowest BCUT2D eigenvalue weighted by atomic mass is 10.0. The number of hydrogen-bond donors (Lipinski definition) is 0. The molecule has 0 aliphatic carbocycles. The summed E-state index contributed by atoms with van der Waals surface area (Å²) in [7, 11) is 2.13. The van der Waals surface area contributed by atoms with Crippen molar-refractivity contribution in [2.24, 2.45) is 0 Å². The molecular weight excluding hydrogens is 397 g/mol. The third-order valence-corrected chi connectivity index (χ3v) is 4.63. The van der Waals surface area contributed by atoms with Crippen LogP contribution >= 0.6 is 0 Å². The third kappa shape index (κ3) is 3.38. The lowest BCUT2D eigenvalue weighted by Crippen LogP contribution is -3.00. The van der Waals surface area contributed by atoms with Crippen LogP contribution in [0.1, 0.15) is 17.3 Å². The van der Waals surface area contributed by atoms with E-state index in [9.17, 15) is 4.79 Å². The van der Waals surface area contributed by atoms with Gasteiger partial charge in [0.2, 0.25) is 5.78 Å². The first-order valence-electron chi connectivity index (χ1n) is 7.46. The number of carbonyl (C=O) groups excluding carboxylic acids is 1. The molecule has 0 bridgehead atoms. The van der Waals surface area contributed by atoms with Gasteiger partial charge in [-0.3, -0.25) is 4.79 Å². The van der Waals surface area contributed by atoms with E-state index in [1.807, 2.05) is 19.1 Å². The monoisotopic (exact) mass is 419 g/mol. The minimum atomic E-state index is -0.0866. The van der Waals surface area contributed by atoms with Gasteiger partial charge in [-0.2, -0.15) is 0 Å². The molecule has 2 aliphatic heterocycles. The summed E-state index contributed by atoms with van der Waals surface area (Å²) in [6, 6.07) is 5.38. The summed E-state index contributed by atoms with van der Waals surface area (Å²) in [5, 5.41) is 0. The number of morpholine rings is 1. The van der Waals surface area contributed by atoms with Crippen molar-refractivity contribution in [2.45, 2.75) is 13.0 Å². The SMILES string of the molecule is CC(C(=O)c1ccc2c(c1)OCCO2)[N+]1(C)CCOCC1.[I-]. The third-order valence-electron chi connectivity index (χ3n) is 4.63. The van der Waals surface area contributed by atoms with Gasteiger partial charge in [0.25, 0.3) is 0 Å². The van der Waals surface area contributed by atoms with Crippen molar-refractivity contribution in [3.8, 4) is 11.5 Å². The first kappa shape index (κ1) is 17.5. The summed E-state index contributed by atoms with van der Waals surface area (Å²) < 4.78 is 17.2. The molecule has 2 heterocycles. The molecule has 1 atom stereocenters. The zero-order chi connectivity index (χ0) is 14.9. The number of rotatable bonds is 3. The molecule has 5 nitrogen and oxygen atoms in total. The Labute approximate surface area is 148 Å². The summed E-state index contributed by atoms with van der Waals surface area (Å²) in [4.78, 5) is 12.8. The number of quaternary nitrogens is 1. The van der Waals surface area contributed by atoms with E-state index in [4.69, 9.17) is 14.2 Å². The van der Waals surface area contributed by atoms with Crippen molar-refractivity contribution >= 4 is 5.78 Å². The predicted octanol–water partition coefficient (Wildman–Crippen LogP) is -1.49. The van der Waals surface area contributed by atoms with Crippen molar-refractivity contribution in [3.63, 3.8) is 0 Å². The van der Waals surface area contributed by atoms with E-state index in [0.717, 1.165) is 36.5 Å². The number of ketones is 1. The molecule has 0 radical (unpaired) electrons. The first-order valence-corrected chi connectivity index (χ1v) is 7.46. The smallest absolute Gasteiger partial charge is 0.219 e. The lowest BCUT2D eigenvalue weighted by Gasteiger charge is -2.41. The standard InChI is InChI=1S/C16H22NO4.HI/c1-12(17(2)5-7-19-8-6-17)16(18)13-3-4-14-15(11-13)21-10-9-20-14;/h3-4,11-12H,5-10H2,1-2H3;1H/q+1;/p-1. The van der Waals surface area contributed by atoms with Gasteiger partial charge in [0.1, 0.15) is 32.3 Å². The van der Waals surface area contributed by atoms with Gasteiger partial charge in [-0.1, -0.05) is 0 Å². The number of fused-ring (bicyclic) bond motifs is 1. The number of benzene rings is 1. The number of carbonyl (C=O) groups is 1. The molecule has 0 saturated carbocycles. The molecule has 1 unspecified atom stereocenters. The second-order valence-corrected chi connectivity index (χ2v) is 5.94. The average molecular weight is 419 g/mol. The van der Waals surface area contributed by atoms with Crippen LogP contribution in [-0.4, -0.2) is 62.9 Å². The normalized spacial score (nSPS) is 20.6. The zero-order valence-corrected chi connectivity index (χ0v) is 15.2. The van der Waals surface area contributed by atoms with Crippen LogP contribution in [0.15, 0.2) is 18.2 Å². The summed E-state index contributed by atoms with van der Waals surface area (Å²) in [6.45, 7) is 6.28. The van der Waals surface area contributed by atoms with E-state index in [0.29, 0.717) is 24.5 Å². The molecule has 22 heavy (non-hydrogen) atoms. The van der Waals surface area contributed by atoms with Crippen molar-refractivity contribution in [3.05, 3.63) is 23.8 Å². The van der Waals surface area contributed by atoms with Crippen LogP contribution in [0.5, 0.6) is 11.5 Å². The molecule has 122 valence electrons. The highest BCUT2D eigenvalue weighted by Gasteiger charge is 2.36. The Morgan fingerprint density at radius 1 is 1.09 bits per heavy atom. The van der Waals surface area contributed by atoms with Crippen molar-refractivity contribution < 1.29 is 47.5 Å². The van der Waals surface area contributed by atoms with E-state index in [-0.39, 0.29) is 35.8 Å². The summed E-state index contributed by atoms with van der Waals surface area (Å²) in [5.74, 6) is 1.54. The first-order chi connectivity index (χ1) is 10.1. The molecular formula is C16H22INO4. The molecule has 2 aliphatic rings. The van der Waals surface area contributed by atoms with E-state index >= 15 is 0 Å². The van der Waals surface area contributed by atoms with Crippen LogP contribution in [0.3, 0.4) is 0 Å². The predicted molar refractivity (Wildman–Crippen MR) is 78.0 cm³/mol. The topological polar surface area (TPSA) is 44.8 Å². The zero-order valence-electron chi connectivity index (χ0n) is 13.0. The number of ether oxygens (including phenoxy) is 3. The largest absolute Gasteiger partial charge is 1.00 e. The van der Waals surface area contributed by atoms with Gasteiger partial charge in [-0.15, -0.1) is 0 Å². The minimum Gasteiger partial charge on any atom is -1.00 e. The highest BCUT2D eigenvalue weighted by atomic mass is 127. The summed E-state index contributed by atoms with van der Waals surface area (Å²) in [6.07, 6.45) is 0.